The number of carbonyl (C=O) groups excluding carboxylic acids is 1. The number of benzene rings is 1. The molecule has 0 aliphatic rings. The molecule has 0 saturated carbocycles. The van der Waals surface area contributed by atoms with Crippen LogP contribution < -0.4 is 5.32 Å². The van der Waals surface area contributed by atoms with E-state index in [2.05, 4.69) is 11.9 Å². The van der Waals surface area contributed by atoms with E-state index in [-0.39, 0.29) is 12.6 Å². The van der Waals surface area contributed by atoms with E-state index in [1.165, 1.54) is 6.08 Å². The molecule has 1 unspecified atom stereocenters. The van der Waals surface area contributed by atoms with Gasteiger partial charge in [-0.15, -0.1) is 6.58 Å². The van der Waals surface area contributed by atoms with Crippen LogP contribution in [0.4, 0.5) is 4.79 Å². The fourth-order valence-corrected chi connectivity index (χ4v) is 1.87. The number of hydrogen-bond acceptors (Lipinski definition) is 3. The van der Waals surface area contributed by atoms with E-state index in [1.807, 2.05) is 44.2 Å². The maximum absolute atomic E-state index is 11.7. The Hall–Kier alpha value is -1.81. The van der Waals surface area contributed by atoms with Crippen LogP contribution in [-0.4, -0.2) is 23.3 Å². The predicted molar refractivity (Wildman–Crippen MR) is 79.2 cm³/mol. The largest absolute Gasteiger partial charge is 0.445 e. The molecule has 1 amide bonds. The third-order valence-electron chi connectivity index (χ3n) is 2.90. The number of aliphatic hydroxyl groups excluding tert-OH is 1. The molecule has 0 aromatic heterocycles. The van der Waals surface area contributed by atoms with Crippen molar-refractivity contribution >= 4 is 6.09 Å². The van der Waals surface area contributed by atoms with Crippen LogP contribution in [-0.2, 0) is 11.3 Å². The standard InChI is InChI=1S/C16H23NO3/c1-4-15(18)14(10-12(2)3)17-16(19)20-11-13-8-6-5-7-9-13/h4-9,12,14-15,18H,1,10-11H2,2-3H3,(H,17,19)/t14-,15?/m0/s1. The first-order valence-corrected chi connectivity index (χ1v) is 6.80. The number of ether oxygens (including phenoxy) is 1. The van der Waals surface area contributed by atoms with Crippen molar-refractivity contribution in [2.45, 2.75) is 39.0 Å². The summed E-state index contributed by atoms with van der Waals surface area (Å²) < 4.78 is 5.14. The van der Waals surface area contributed by atoms with Gasteiger partial charge < -0.3 is 15.2 Å². The van der Waals surface area contributed by atoms with Gasteiger partial charge in [0, 0.05) is 0 Å². The molecule has 0 fully saturated rings. The molecule has 1 aromatic carbocycles. The van der Waals surface area contributed by atoms with Crippen molar-refractivity contribution in [3.05, 3.63) is 48.6 Å². The molecule has 4 nitrogen and oxygen atoms in total. The SMILES string of the molecule is C=CC(O)[C@H](CC(C)C)NC(=O)OCc1ccccc1. The Morgan fingerprint density at radius 2 is 2.05 bits per heavy atom. The van der Waals surface area contributed by atoms with Gasteiger partial charge in [-0.05, 0) is 17.9 Å². The maximum atomic E-state index is 11.7. The molecule has 2 N–H and O–H groups in total. The summed E-state index contributed by atoms with van der Waals surface area (Å²) in [7, 11) is 0. The average molecular weight is 277 g/mol. The Bertz CT molecular complexity index is 417. The van der Waals surface area contributed by atoms with Crippen molar-refractivity contribution < 1.29 is 14.6 Å². The van der Waals surface area contributed by atoms with Crippen molar-refractivity contribution in [2.75, 3.05) is 0 Å². The summed E-state index contributed by atoms with van der Waals surface area (Å²) in [6, 6.07) is 9.08. The number of carbonyl (C=O) groups is 1. The summed E-state index contributed by atoms with van der Waals surface area (Å²) in [5.41, 5.74) is 0.923. The van der Waals surface area contributed by atoms with Gasteiger partial charge in [0.15, 0.2) is 0 Å². The Balaban J connectivity index is 2.47. The third kappa shape index (κ3) is 5.89. The molecule has 1 aromatic rings. The minimum atomic E-state index is -0.776. The van der Waals surface area contributed by atoms with E-state index < -0.39 is 12.2 Å². The lowest BCUT2D eigenvalue weighted by molar-refractivity contribution is 0.113. The second kappa shape index (κ2) is 8.38. The van der Waals surface area contributed by atoms with Crippen molar-refractivity contribution in [3.8, 4) is 0 Å². The molecule has 20 heavy (non-hydrogen) atoms. The minimum absolute atomic E-state index is 0.214. The van der Waals surface area contributed by atoms with Crippen LogP contribution in [0.2, 0.25) is 0 Å². The van der Waals surface area contributed by atoms with Gasteiger partial charge in [-0.1, -0.05) is 50.3 Å². The highest BCUT2D eigenvalue weighted by atomic mass is 16.5. The Morgan fingerprint density at radius 1 is 1.40 bits per heavy atom. The third-order valence-corrected chi connectivity index (χ3v) is 2.90. The number of amides is 1. The summed E-state index contributed by atoms with van der Waals surface area (Å²) in [5.74, 6) is 0.351. The highest BCUT2D eigenvalue weighted by molar-refractivity contribution is 5.67. The molecule has 1 rings (SSSR count). The van der Waals surface area contributed by atoms with Gasteiger partial charge in [-0.2, -0.15) is 0 Å². The first-order valence-electron chi connectivity index (χ1n) is 6.80. The van der Waals surface area contributed by atoms with E-state index in [1.54, 1.807) is 0 Å². The van der Waals surface area contributed by atoms with Gasteiger partial charge in [0.05, 0.1) is 12.1 Å². The molecular formula is C16H23NO3. The van der Waals surface area contributed by atoms with E-state index in [0.717, 1.165) is 5.56 Å². The van der Waals surface area contributed by atoms with Crippen LogP contribution in [0.1, 0.15) is 25.8 Å². The van der Waals surface area contributed by atoms with E-state index in [4.69, 9.17) is 4.74 Å². The van der Waals surface area contributed by atoms with Gasteiger partial charge in [-0.25, -0.2) is 4.79 Å². The highest BCUT2D eigenvalue weighted by Crippen LogP contribution is 2.10. The summed E-state index contributed by atoms with van der Waals surface area (Å²) in [6.07, 6.45) is 0.778. The monoisotopic (exact) mass is 277 g/mol. The zero-order valence-corrected chi connectivity index (χ0v) is 12.1. The molecule has 0 aliphatic heterocycles. The molecule has 0 bridgehead atoms. The molecule has 110 valence electrons. The molecule has 2 atom stereocenters. The van der Waals surface area contributed by atoms with Crippen LogP contribution in [0.3, 0.4) is 0 Å². The average Bonchev–Trinajstić information content (AvgIpc) is 2.44. The van der Waals surface area contributed by atoms with Crippen LogP contribution in [0.25, 0.3) is 0 Å². The predicted octanol–water partition coefficient (Wildman–Crippen LogP) is 2.87. The quantitative estimate of drug-likeness (QED) is 0.753. The normalized spacial score (nSPS) is 13.6. The Labute approximate surface area is 120 Å². The molecular weight excluding hydrogens is 254 g/mol. The summed E-state index contributed by atoms with van der Waals surface area (Å²) >= 11 is 0. The van der Waals surface area contributed by atoms with Crippen molar-refractivity contribution in [1.29, 1.82) is 0 Å². The first kappa shape index (κ1) is 16.2. The number of hydrogen-bond donors (Lipinski definition) is 2. The van der Waals surface area contributed by atoms with E-state index >= 15 is 0 Å². The first-order chi connectivity index (χ1) is 9.52. The minimum Gasteiger partial charge on any atom is -0.445 e. The fraction of sp³-hybridized carbons (Fsp3) is 0.438. The maximum Gasteiger partial charge on any atom is 0.407 e. The molecule has 0 saturated heterocycles. The highest BCUT2D eigenvalue weighted by Gasteiger charge is 2.20. The van der Waals surface area contributed by atoms with Gasteiger partial charge in [0.2, 0.25) is 0 Å². The van der Waals surface area contributed by atoms with Crippen LogP contribution >= 0.6 is 0 Å². The summed E-state index contributed by atoms with van der Waals surface area (Å²) in [6.45, 7) is 7.82. The van der Waals surface area contributed by atoms with Crippen LogP contribution in [0, 0.1) is 5.92 Å². The Kier molecular flexibility index (Phi) is 6.81. The van der Waals surface area contributed by atoms with Crippen molar-refractivity contribution in [1.82, 2.24) is 5.32 Å². The van der Waals surface area contributed by atoms with Crippen molar-refractivity contribution in [2.24, 2.45) is 5.92 Å². The summed E-state index contributed by atoms with van der Waals surface area (Å²) in [5, 5.41) is 12.5. The van der Waals surface area contributed by atoms with Crippen LogP contribution in [0.5, 0.6) is 0 Å². The van der Waals surface area contributed by atoms with Crippen LogP contribution in [0.15, 0.2) is 43.0 Å². The topological polar surface area (TPSA) is 58.6 Å². The Morgan fingerprint density at radius 3 is 2.60 bits per heavy atom. The molecule has 0 aliphatic carbocycles. The van der Waals surface area contributed by atoms with Crippen molar-refractivity contribution in [3.63, 3.8) is 0 Å². The molecule has 0 heterocycles. The van der Waals surface area contributed by atoms with E-state index in [9.17, 15) is 9.90 Å². The van der Waals surface area contributed by atoms with Gasteiger partial charge >= 0.3 is 6.09 Å². The zero-order valence-electron chi connectivity index (χ0n) is 12.1. The number of nitrogens with one attached hydrogen (secondary N) is 1. The smallest absolute Gasteiger partial charge is 0.407 e. The molecule has 0 spiro atoms. The lowest BCUT2D eigenvalue weighted by atomic mass is 9.99. The van der Waals surface area contributed by atoms with Gasteiger partial charge in [-0.3, -0.25) is 0 Å². The zero-order chi connectivity index (χ0) is 15.0. The molecule has 4 heteroatoms. The second-order valence-electron chi connectivity index (χ2n) is 5.17. The summed E-state index contributed by atoms with van der Waals surface area (Å²) in [4.78, 5) is 11.7. The van der Waals surface area contributed by atoms with Gasteiger partial charge in [0.25, 0.3) is 0 Å². The fourth-order valence-electron chi connectivity index (χ4n) is 1.87. The van der Waals surface area contributed by atoms with Gasteiger partial charge in [0.1, 0.15) is 6.61 Å². The lowest BCUT2D eigenvalue weighted by Crippen LogP contribution is -2.43. The number of rotatable bonds is 7. The number of aliphatic hydroxyl groups is 1. The molecule has 0 radical (unpaired) electrons. The second-order valence-corrected chi connectivity index (χ2v) is 5.17. The van der Waals surface area contributed by atoms with E-state index in [0.29, 0.717) is 12.3 Å². The number of alkyl carbamates (subject to hydrolysis) is 1. The lowest BCUT2D eigenvalue weighted by Gasteiger charge is -2.23.